The van der Waals surface area contributed by atoms with Gasteiger partial charge in [-0.15, -0.1) is 0 Å². The molecule has 0 bridgehead atoms. The molecule has 0 saturated heterocycles. The zero-order valence-electron chi connectivity index (χ0n) is 19.9. The molecule has 10 nitrogen and oxygen atoms in total. The van der Waals surface area contributed by atoms with Crippen molar-refractivity contribution in [3.63, 3.8) is 0 Å². The average Bonchev–Trinajstić information content (AvgIpc) is 3.37. The van der Waals surface area contributed by atoms with Crippen molar-refractivity contribution < 1.29 is 37.7 Å². The van der Waals surface area contributed by atoms with E-state index >= 15 is 0 Å². The van der Waals surface area contributed by atoms with Gasteiger partial charge in [0.1, 0.15) is 23.0 Å². The van der Waals surface area contributed by atoms with Crippen molar-refractivity contribution >= 4 is 23.3 Å². The number of fused-ring (bicyclic) bond motifs is 1. The molecular weight excluding hydrogens is 468 g/mol. The average molecular weight is 495 g/mol. The Balaban J connectivity index is 1.46. The summed E-state index contributed by atoms with van der Waals surface area (Å²) in [5.41, 5.74) is 0.790. The fraction of sp³-hybridized carbons (Fsp3) is 0.269. The van der Waals surface area contributed by atoms with Crippen molar-refractivity contribution in [3.05, 3.63) is 71.7 Å². The number of benzene rings is 2. The highest BCUT2D eigenvalue weighted by atomic mass is 16.5. The van der Waals surface area contributed by atoms with Crippen LogP contribution in [0.4, 0.5) is 5.69 Å². The number of amides is 2. The minimum absolute atomic E-state index is 0.0680. The maximum atomic E-state index is 12.8. The first kappa shape index (κ1) is 24.8. The second kappa shape index (κ2) is 11.4. The minimum Gasteiger partial charge on any atom is -0.497 e. The molecule has 1 aliphatic heterocycles. The highest BCUT2D eigenvalue weighted by Gasteiger charge is 2.28. The Morgan fingerprint density at radius 3 is 2.69 bits per heavy atom. The smallest absolute Gasteiger partial charge is 0.287 e. The van der Waals surface area contributed by atoms with Crippen LogP contribution in [0.15, 0.2) is 59.0 Å². The van der Waals surface area contributed by atoms with Crippen LogP contribution >= 0.6 is 0 Å². The first-order valence-electron chi connectivity index (χ1n) is 11.2. The van der Waals surface area contributed by atoms with Crippen LogP contribution in [0.3, 0.4) is 0 Å². The van der Waals surface area contributed by atoms with E-state index in [4.69, 9.17) is 23.4 Å². The van der Waals surface area contributed by atoms with Gasteiger partial charge in [-0.25, -0.2) is 0 Å². The van der Waals surface area contributed by atoms with Gasteiger partial charge in [0, 0.05) is 25.3 Å². The van der Waals surface area contributed by atoms with Crippen LogP contribution in [0, 0.1) is 0 Å². The van der Waals surface area contributed by atoms with E-state index in [-0.39, 0.29) is 43.1 Å². The number of ketones is 1. The number of anilines is 1. The lowest BCUT2D eigenvalue weighted by Gasteiger charge is -2.29. The van der Waals surface area contributed by atoms with Crippen LogP contribution in [-0.2, 0) is 16.1 Å². The van der Waals surface area contributed by atoms with Crippen molar-refractivity contribution in [1.82, 2.24) is 5.32 Å². The zero-order chi connectivity index (χ0) is 25.5. The molecule has 2 heterocycles. The van der Waals surface area contributed by atoms with Crippen LogP contribution in [0.1, 0.15) is 26.7 Å². The van der Waals surface area contributed by atoms with Crippen molar-refractivity contribution in [3.8, 4) is 17.2 Å². The summed E-state index contributed by atoms with van der Waals surface area (Å²) in [5, 5.41) is 2.68. The Hall–Kier alpha value is -4.31. The number of nitrogens with zero attached hydrogens (tertiary/aromatic N) is 1. The van der Waals surface area contributed by atoms with Gasteiger partial charge in [0.05, 0.1) is 25.9 Å². The Kier molecular flexibility index (Phi) is 7.86. The number of nitrogens with one attached hydrogen (secondary N) is 1. The van der Waals surface area contributed by atoms with E-state index in [2.05, 4.69) is 5.32 Å². The molecule has 2 amide bonds. The van der Waals surface area contributed by atoms with Gasteiger partial charge in [-0.05, 0) is 42.5 Å². The third-order valence-corrected chi connectivity index (χ3v) is 5.43. The summed E-state index contributed by atoms with van der Waals surface area (Å²) in [5.74, 6) is 1.16. The number of Topliss-reactive ketones (excluding diaryl/α,β-unsaturated/α-hetero) is 1. The number of ether oxygens (including phenoxy) is 4. The van der Waals surface area contributed by atoms with E-state index in [1.54, 1.807) is 68.8 Å². The summed E-state index contributed by atoms with van der Waals surface area (Å²) in [6.45, 7) is 0.451. The molecule has 0 atom stereocenters. The zero-order valence-corrected chi connectivity index (χ0v) is 19.9. The summed E-state index contributed by atoms with van der Waals surface area (Å²) in [6, 6.07) is 15.0. The maximum Gasteiger partial charge on any atom is 0.287 e. The van der Waals surface area contributed by atoms with Crippen LogP contribution in [-0.4, -0.2) is 58.2 Å². The van der Waals surface area contributed by atoms with Gasteiger partial charge in [-0.2, -0.15) is 0 Å². The van der Waals surface area contributed by atoms with Gasteiger partial charge in [-0.1, -0.05) is 6.07 Å². The van der Waals surface area contributed by atoms with Crippen LogP contribution in [0.25, 0.3) is 0 Å². The van der Waals surface area contributed by atoms with Crippen LogP contribution < -0.4 is 24.4 Å². The van der Waals surface area contributed by atoms with Crippen molar-refractivity contribution in [2.24, 2.45) is 0 Å². The molecule has 3 aromatic rings. The largest absolute Gasteiger partial charge is 0.497 e. The van der Waals surface area contributed by atoms with E-state index in [9.17, 15) is 14.4 Å². The Bertz CT molecular complexity index is 1250. The number of rotatable bonds is 11. The van der Waals surface area contributed by atoms with Crippen molar-refractivity contribution in [2.45, 2.75) is 6.54 Å². The maximum absolute atomic E-state index is 12.8. The first-order valence-corrected chi connectivity index (χ1v) is 11.2. The molecule has 0 fully saturated rings. The monoisotopic (exact) mass is 494 g/mol. The first-order chi connectivity index (χ1) is 17.5. The third kappa shape index (κ3) is 5.84. The van der Waals surface area contributed by atoms with Gasteiger partial charge in [-0.3, -0.25) is 19.3 Å². The SMILES string of the molecule is COCCNC(=O)c1ccc(CN2C(=O)COc3ccc(C(=O)COc4cccc(OC)c4)cc32)o1. The molecule has 36 heavy (non-hydrogen) atoms. The van der Waals surface area contributed by atoms with Gasteiger partial charge in [0.2, 0.25) is 0 Å². The van der Waals surface area contributed by atoms with Crippen molar-refractivity contribution in [2.75, 3.05) is 45.5 Å². The number of carbonyl (C=O) groups is 3. The van der Waals surface area contributed by atoms with E-state index in [0.29, 0.717) is 47.4 Å². The van der Waals surface area contributed by atoms with Gasteiger partial charge < -0.3 is 28.7 Å². The normalized spacial score (nSPS) is 12.5. The predicted octanol–water partition coefficient (Wildman–Crippen LogP) is 2.85. The number of methoxy groups -OCH3 is 2. The van der Waals surface area contributed by atoms with E-state index < -0.39 is 0 Å². The quantitative estimate of drug-likeness (QED) is 0.320. The van der Waals surface area contributed by atoms with Crippen LogP contribution in [0.2, 0.25) is 0 Å². The molecule has 2 aromatic carbocycles. The lowest BCUT2D eigenvalue weighted by atomic mass is 10.1. The molecule has 1 aliphatic rings. The van der Waals surface area contributed by atoms with Gasteiger partial charge >= 0.3 is 0 Å². The molecule has 1 aromatic heterocycles. The minimum atomic E-state index is -0.379. The van der Waals surface area contributed by atoms with E-state index in [1.807, 2.05) is 0 Å². The van der Waals surface area contributed by atoms with Gasteiger partial charge in [0.15, 0.2) is 24.8 Å². The molecule has 4 rings (SSSR count). The second-order valence-corrected chi connectivity index (χ2v) is 7.86. The number of hydrogen-bond donors (Lipinski definition) is 1. The molecular formula is C26H26N2O8. The third-order valence-electron chi connectivity index (χ3n) is 5.43. The summed E-state index contributed by atoms with van der Waals surface area (Å²) in [7, 11) is 3.09. The molecule has 10 heteroatoms. The molecule has 0 unspecified atom stereocenters. The van der Waals surface area contributed by atoms with Crippen LogP contribution in [0.5, 0.6) is 17.2 Å². The lowest BCUT2D eigenvalue weighted by molar-refractivity contribution is -0.121. The Morgan fingerprint density at radius 1 is 1.06 bits per heavy atom. The molecule has 1 N–H and O–H groups in total. The summed E-state index contributed by atoms with van der Waals surface area (Å²) < 4.78 is 26.9. The standard InChI is InChI=1S/C26H26N2O8/c1-32-11-10-27-26(31)24-9-7-20(36-24)14-28-21-12-17(6-8-23(21)35-16-25(28)30)22(29)15-34-19-5-3-4-18(13-19)33-2/h3-9,12-13H,10-11,14-16H2,1-2H3,(H,27,31). The Labute approximate surface area is 207 Å². The fourth-order valence-corrected chi connectivity index (χ4v) is 3.57. The second-order valence-electron chi connectivity index (χ2n) is 7.86. The molecule has 0 radical (unpaired) electrons. The summed E-state index contributed by atoms with van der Waals surface area (Å²) in [6.07, 6.45) is 0. The van der Waals surface area contributed by atoms with Gasteiger partial charge in [0.25, 0.3) is 11.8 Å². The molecule has 0 saturated carbocycles. The highest BCUT2D eigenvalue weighted by Crippen LogP contribution is 2.34. The summed E-state index contributed by atoms with van der Waals surface area (Å²) in [4.78, 5) is 39.1. The number of carbonyl (C=O) groups excluding carboxylic acids is 3. The summed E-state index contributed by atoms with van der Waals surface area (Å²) >= 11 is 0. The lowest BCUT2D eigenvalue weighted by Crippen LogP contribution is -2.38. The number of furan rings is 1. The molecule has 188 valence electrons. The van der Waals surface area contributed by atoms with Crippen molar-refractivity contribution in [1.29, 1.82) is 0 Å². The molecule has 0 spiro atoms. The fourth-order valence-electron chi connectivity index (χ4n) is 3.57. The topological polar surface area (TPSA) is 117 Å². The number of hydrogen-bond acceptors (Lipinski definition) is 8. The molecule has 0 aliphatic carbocycles. The van der Waals surface area contributed by atoms with E-state index in [0.717, 1.165) is 0 Å². The Morgan fingerprint density at radius 2 is 1.89 bits per heavy atom. The predicted molar refractivity (Wildman–Crippen MR) is 129 cm³/mol. The highest BCUT2D eigenvalue weighted by molar-refractivity contribution is 6.02. The van der Waals surface area contributed by atoms with E-state index in [1.165, 1.54) is 4.90 Å².